The molecule has 0 aliphatic carbocycles. The van der Waals surface area contributed by atoms with Gasteiger partial charge in [0.15, 0.2) is 0 Å². The van der Waals surface area contributed by atoms with Crippen LogP contribution in [0.4, 0.5) is 27.5 Å². The number of carbonyl (C=O) groups is 2. The highest BCUT2D eigenvalue weighted by Gasteiger charge is 2.24. The van der Waals surface area contributed by atoms with Crippen molar-refractivity contribution in [1.29, 1.82) is 0 Å². The van der Waals surface area contributed by atoms with Crippen molar-refractivity contribution in [2.45, 2.75) is 19.4 Å². The Morgan fingerprint density at radius 1 is 1.12 bits per heavy atom. The number of hydrogen-bond acceptors (Lipinski definition) is 4. The highest BCUT2D eigenvalue weighted by molar-refractivity contribution is 6.03. The second-order valence-corrected chi connectivity index (χ2v) is 8.36. The smallest absolute Gasteiger partial charge is 0.323 e. The fourth-order valence-corrected chi connectivity index (χ4v) is 4.72. The second kappa shape index (κ2) is 7.67. The van der Waals surface area contributed by atoms with E-state index >= 15 is 0 Å². The van der Waals surface area contributed by atoms with Crippen molar-refractivity contribution in [3.05, 3.63) is 77.6 Å². The number of anilines is 4. The lowest BCUT2D eigenvalue weighted by Gasteiger charge is -2.19. The molecule has 2 aliphatic rings. The lowest BCUT2D eigenvalue weighted by atomic mass is 10.1. The molecule has 8 heteroatoms. The Kier molecular flexibility index (Phi) is 4.50. The van der Waals surface area contributed by atoms with Crippen LogP contribution in [0.15, 0.2) is 60.9 Å². The summed E-state index contributed by atoms with van der Waals surface area (Å²) >= 11 is 0. The molecule has 0 bridgehead atoms. The van der Waals surface area contributed by atoms with Crippen molar-refractivity contribution < 1.29 is 9.59 Å². The zero-order valence-corrected chi connectivity index (χ0v) is 17.8. The maximum absolute atomic E-state index is 12.7. The molecular formula is C25H22N6O2. The minimum absolute atomic E-state index is 0.0279. The fourth-order valence-electron chi connectivity index (χ4n) is 4.72. The van der Waals surface area contributed by atoms with E-state index in [2.05, 4.69) is 43.0 Å². The number of aromatic amines is 1. The van der Waals surface area contributed by atoms with E-state index in [1.807, 2.05) is 36.5 Å². The Balaban J connectivity index is 1.18. The van der Waals surface area contributed by atoms with Crippen LogP contribution < -0.4 is 20.9 Å². The van der Waals surface area contributed by atoms with E-state index in [4.69, 9.17) is 0 Å². The van der Waals surface area contributed by atoms with E-state index in [-0.39, 0.29) is 11.9 Å². The number of pyridine rings is 1. The number of H-pyrrole nitrogens is 1. The van der Waals surface area contributed by atoms with Gasteiger partial charge < -0.3 is 25.8 Å². The fraction of sp³-hybridized carbons (Fsp3) is 0.160. The molecule has 2 aromatic heterocycles. The van der Waals surface area contributed by atoms with Gasteiger partial charge in [-0.1, -0.05) is 6.07 Å². The van der Waals surface area contributed by atoms with Crippen LogP contribution in [0.3, 0.4) is 0 Å². The summed E-state index contributed by atoms with van der Waals surface area (Å²) in [4.78, 5) is 34.2. The van der Waals surface area contributed by atoms with Crippen molar-refractivity contribution in [2.75, 3.05) is 27.4 Å². The van der Waals surface area contributed by atoms with Gasteiger partial charge in [-0.15, -0.1) is 0 Å². The number of carbonyl (C=O) groups excluding carboxylic acids is 2. The molecule has 4 aromatic rings. The van der Waals surface area contributed by atoms with Gasteiger partial charge >= 0.3 is 6.03 Å². The third kappa shape index (κ3) is 3.55. The minimum Gasteiger partial charge on any atom is -0.367 e. The average Bonchev–Trinajstić information content (AvgIpc) is 3.51. The number of urea groups is 1. The van der Waals surface area contributed by atoms with E-state index in [0.29, 0.717) is 12.1 Å². The molecule has 0 unspecified atom stereocenters. The van der Waals surface area contributed by atoms with Crippen LogP contribution in [0.5, 0.6) is 0 Å². The summed E-state index contributed by atoms with van der Waals surface area (Å²) in [6.07, 6.45) is 5.00. The molecule has 0 saturated heterocycles. The van der Waals surface area contributed by atoms with E-state index in [1.54, 1.807) is 12.3 Å². The van der Waals surface area contributed by atoms with Crippen molar-refractivity contribution in [2.24, 2.45) is 0 Å². The summed E-state index contributed by atoms with van der Waals surface area (Å²) in [5.41, 5.74) is 7.52. The molecule has 33 heavy (non-hydrogen) atoms. The van der Waals surface area contributed by atoms with Gasteiger partial charge in [-0.3, -0.25) is 4.79 Å². The molecule has 0 atom stereocenters. The molecule has 0 radical (unpaired) electrons. The van der Waals surface area contributed by atoms with Crippen LogP contribution in [0.1, 0.15) is 16.7 Å². The van der Waals surface area contributed by atoms with Crippen LogP contribution in [-0.4, -0.2) is 28.5 Å². The molecular weight excluding hydrogens is 416 g/mol. The Hall–Kier alpha value is -4.33. The Morgan fingerprint density at radius 2 is 2.06 bits per heavy atom. The predicted octanol–water partition coefficient (Wildman–Crippen LogP) is 4.26. The Bertz CT molecular complexity index is 1410. The first-order valence-electron chi connectivity index (χ1n) is 10.9. The van der Waals surface area contributed by atoms with E-state index in [0.717, 1.165) is 58.7 Å². The predicted molar refractivity (Wildman–Crippen MR) is 129 cm³/mol. The highest BCUT2D eigenvalue weighted by Crippen LogP contribution is 2.35. The summed E-state index contributed by atoms with van der Waals surface area (Å²) < 4.78 is 0. The second-order valence-electron chi connectivity index (χ2n) is 8.36. The topological polar surface area (TPSA) is 102 Å². The largest absolute Gasteiger partial charge is 0.367 e. The molecule has 0 fully saturated rings. The number of hydrogen-bond donors (Lipinski definition) is 4. The Labute approximate surface area is 190 Å². The quantitative estimate of drug-likeness (QED) is 0.382. The van der Waals surface area contributed by atoms with Crippen LogP contribution in [0.25, 0.3) is 11.0 Å². The minimum atomic E-state index is -0.304. The number of fused-ring (bicyclic) bond motifs is 3. The number of rotatable bonds is 4. The summed E-state index contributed by atoms with van der Waals surface area (Å²) in [7, 11) is 0. The zero-order valence-electron chi connectivity index (χ0n) is 17.8. The first-order valence-corrected chi connectivity index (χ1v) is 10.9. The molecule has 0 saturated carbocycles. The van der Waals surface area contributed by atoms with Gasteiger partial charge in [0.2, 0.25) is 5.91 Å². The number of nitrogens with one attached hydrogen (secondary N) is 4. The molecule has 4 N–H and O–H groups in total. The zero-order chi connectivity index (χ0) is 22.4. The maximum atomic E-state index is 12.7. The lowest BCUT2D eigenvalue weighted by Crippen LogP contribution is -2.20. The lowest BCUT2D eigenvalue weighted by molar-refractivity contribution is -0.115. The first kappa shape index (κ1) is 19.4. The van der Waals surface area contributed by atoms with E-state index in [1.165, 1.54) is 5.56 Å². The molecule has 6 rings (SSSR count). The highest BCUT2D eigenvalue weighted by atomic mass is 16.2. The van der Waals surface area contributed by atoms with Crippen molar-refractivity contribution in [3.63, 3.8) is 0 Å². The monoisotopic (exact) mass is 438 g/mol. The summed E-state index contributed by atoms with van der Waals surface area (Å²) in [5, 5.41) is 9.81. The molecule has 2 aliphatic heterocycles. The standard InChI is InChI=1S/C25H22N6O2/c32-23-12-15-11-17(6-7-20(15)29-23)28-25(33)30-21-4-1-5-22-19(21)8-10-31(22)14-16-13-27-24-18(16)3-2-9-26-24/h1-7,9,11,13H,8,10,12,14H2,(H,26,27)(H,29,32)(H2,28,30,33). The average molecular weight is 438 g/mol. The number of nitrogens with zero attached hydrogens (tertiary/aromatic N) is 2. The van der Waals surface area contributed by atoms with E-state index in [9.17, 15) is 9.59 Å². The van der Waals surface area contributed by atoms with E-state index < -0.39 is 0 Å². The molecule has 4 heterocycles. The van der Waals surface area contributed by atoms with Crippen molar-refractivity contribution in [1.82, 2.24) is 9.97 Å². The number of amides is 3. The van der Waals surface area contributed by atoms with Crippen LogP contribution >= 0.6 is 0 Å². The normalized spacial score (nSPS) is 14.2. The number of benzene rings is 2. The molecule has 2 aromatic carbocycles. The van der Waals surface area contributed by atoms with Crippen LogP contribution in [0, 0.1) is 0 Å². The first-order chi connectivity index (χ1) is 16.1. The summed E-state index contributed by atoms with van der Waals surface area (Å²) in [6.45, 7) is 1.66. The van der Waals surface area contributed by atoms with Crippen molar-refractivity contribution in [3.8, 4) is 0 Å². The number of aromatic nitrogens is 2. The maximum Gasteiger partial charge on any atom is 0.323 e. The van der Waals surface area contributed by atoms with Gasteiger partial charge in [-0.05, 0) is 60.0 Å². The molecule has 8 nitrogen and oxygen atoms in total. The summed E-state index contributed by atoms with van der Waals surface area (Å²) in [6, 6.07) is 15.2. The summed E-state index contributed by atoms with van der Waals surface area (Å²) in [5.74, 6) is -0.0279. The van der Waals surface area contributed by atoms with Gasteiger partial charge in [0.1, 0.15) is 5.65 Å². The third-order valence-corrected chi connectivity index (χ3v) is 6.26. The Morgan fingerprint density at radius 3 is 3.00 bits per heavy atom. The third-order valence-electron chi connectivity index (χ3n) is 6.26. The van der Waals surface area contributed by atoms with Crippen LogP contribution in [0.2, 0.25) is 0 Å². The van der Waals surface area contributed by atoms with Gasteiger partial charge in [0.05, 0.1) is 6.42 Å². The molecule has 164 valence electrons. The van der Waals surface area contributed by atoms with Gasteiger partial charge in [-0.25, -0.2) is 9.78 Å². The van der Waals surface area contributed by atoms with Crippen LogP contribution in [-0.2, 0) is 24.2 Å². The molecule has 3 amide bonds. The SMILES string of the molecule is O=C1Cc2cc(NC(=O)Nc3cccc4c3CCN4Cc3c[nH]c4ncccc34)ccc2N1. The van der Waals surface area contributed by atoms with Crippen molar-refractivity contribution >= 4 is 45.7 Å². The van der Waals surface area contributed by atoms with Gasteiger partial charge in [-0.2, -0.15) is 0 Å². The molecule has 0 spiro atoms. The van der Waals surface area contributed by atoms with Gasteiger partial charge in [0, 0.05) is 59.2 Å². The van der Waals surface area contributed by atoms with Gasteiger partial charge in [0.25, 0.3) is 0 Å².